The Morgan fingerprint density at radius 2 is 1.95 bits per heavy atom. The van der Waals surface area contributed by atoms with Crippen LogP contribution in [-0.2, 0) is 4.74 Å². The third-order valence-electron chi connectivity index (χ3n) is 4.24. The zero-order chi connectivity index (χ0) is 14.2. The SMILES string of the molecule is CNCC1CCCCC1c1ccccc1OCCOC. The second-order valence-corrected chi connectivity index (χ2v) is 5.59. The largest absolute Gasteiger partial charge is 0.491 e. The van der Waals surface area contributed by atoms with E-state index in [-0.39, 0.29) is 0 Å². The van der Waals surface area contributed by atoms with Crippen molar-refractivity contribution < 1.29 is 9.47 Å². The van der Waals surface area contributed by atoms with Crippen LogP contribution in [0.4, 0.5) is 0 Å². The molecule has 1 aliphatic rings. The summed E-state index contributed by atoms with van der Waals surface area (Å²) in [7, 11) is 3.76. The Kier molecular flexibility index (Phi) is 6.34. The summed E-state index contributed by atoms with van der Waals surface area (Å²) >= 11 is 0. The molecule has 0 aliphatic heterocycles. The van der Waals surface area contributed by atoms with Crippen molar-refractivity contribution in [2.24, 2.45) is 5.92 Å². The van der Waals surface area contributed by atoms with Crippen LogP contribution < -0.4 is 10.1 Å². The van der Waals surface area contributed by atoms with Crippen LogP contribution in [-0.4, -0.2) is 33.9 Å². The molecule has 0 radical (unpaired) electrons. The standard InChI is InChI=1S/C17H27NO2/c1-18-13-14-7-3-4-8-15(14)16-9-5-6-10-17(16)20-12-11-19-2/h5-6,9-10,14-15,18H,3-4,7-8,11-13H2,1-2H3. The molecular weight excluding hydrogens is 250 g/mol. The molecule has 2 atom stereocenters. The van der Waals surface area contributed by atoms with Crippen molar-refractivity contribution in [3.8, 4) is 5.75 Å². The predicted molar refractivity (Wildman–Crippen MR) is 82.4 cm³/mol. The highest BCUT2D eigenvalue weighted by Gasteiger charge is 2.27. The lowest BCUT2D eigenvalue weighted by Gasteiger charge is -2.32. The van der Waals surface area contributed by atoms with Crippen LogP contribution >= 0.6 is 0 Å². The molecule has 0 amide bonds. The maximum Gasteiger partial charge on any atom is 0.122 e. The van der Waals surface area contributed by atoms with E-state index in [1.54, 1.807) is 7.11 Å². The van der Waals surface area contributed by atoms with Crippen LogP contribution in [0.15, 0.2) is 24.3 Å². The highest BCUT2D eigenvalue weighted by molar-refractivity contribution is 5.37. The van der Waals surface area contributed by atoms with E-state index in [0.29, 0.717) is 19.1 Å². The molecule has 112 valence electrons. The molecule has 1 N–H and O–H groups in total. The van der Waals surface area contributed by atoms with E-state index in [9.17, 15) is 0 Å². The molecule has 0 bridgehead atoms. The van der Waals surface area contributed by atoms with Gasteiger partial charge >= 0.3 is 0 Å². The van der Waals surface area contributed by atoms with E-state index in [0.717, 1.165) is 18.2 Å². The summed E-state index contributed by atoms with van der Waals surface area (Å²) in [5.74, 6) is 2.38. The lowest BCUT2D eigenvalue weighted by atomic mass is 9.75. The van der Waals surface area contributed by atoms with Gasteiger partial charge in [-0.05, 0) is 49.9 Å². The van der Waals surface area contributed by atoms with Gasteiger partial charge in [-0.2, -0.15) is 0 Å². The summed E-state index contributed by atoms with van der Waals surface area (Å²) in [5, 5.41) is 3.35. The summed E-state index contributed by atoms with van der Waals surface area (Å²) in [6.45, 7) is 2.35. The first-order valence-corrected chi connectivity index (χ1v) is 7.72. The molecule has 1 aromatic rings. The fraction of sp³-hybridized carbons (Fsp3) is 0.647. The Balaban J connectivity index is 2.12. The molecule has 2 rings (SSSR count). The third kappa shape index (κ3) is 3.97. The molecule has 0 spiro atoms. The van der Waals surface area contributed by atoms with E-state index < -0.39 is 0 Å². The van der Waals surface area contributed by atoms with Crippen molar-refractivity contribution in [3.05, 3.63) is 29.8 Å². The molecular formula is C17H27NO2. The molecule has 2 unspecified atom stereocenters. The van der Waals surface area contributed by atoms with Crippen LogP contribution in [0.5, 0.6) is 5.75 Å². The first-order chi connectivity index (χ1) is 9.86. The van der Waals surface area contributed by atoms with E-state index in [1.165, 1.54) is 31.2 Å². The fourth-order valence-electron chi connectivity index (χ4n) is 3.28. The number of benzene rings is 1. The van der Waals surface area contributed by atoms with Crippen molar-refractivity contribution in [3.63, 3.8) is 0 Å². The molecule has 0 saturated heterocycles. The topological polar surface area (TPSA) is 30.5 Å². The van der Waals surface area contributed by atoms with E-state index in [1.807, 2.05) is 7.05 Å². The van der Waals surface area contributed by atoms with Gasteiger partial charge < -0.3 is 14.8 Å². The van der Waals surface area contributed by atoms with E-state index >= 15 is 0 Å². The van der Waals surface area contributed by atoms with E-state index in [4.69, 9.17) is 9.47 Å². The molecule has 1 aromatic carbocycles. The Bertz CT molecular complexity index is 392. The second-order valence-electron chi connectivity index (χ2n) is 5.59. The smallest absolute Gasteiger partial charge is 0.122 e. The Morgan fingerprint density at radius 3 is 2.75 bits per heavy atom. The molecule has 1 fully saturated rings. The maximum absolute atomic E-state index is 5.91. The van der Waals surface area contributed by atoms with Crippen molar-refractivity contribution in [2.75, 3.05) is 33.9 Å². The fourth-order valence-corrected chi connectivity index (χ4v) is 3.28. The molecule has 1 aliphatic carbocycles. The van der Waals surface area contributed by atoms with Gasteiger partial charge in [0.2, 0.25) is 0 Å². The maximum atomic E-state index is 5.91. The number of para-hydroxylation sites is 1. The van der Waals surface area contributed by atoms with Gasteiger partial charge in [0.25, 0.3) is 0 Å². The summed E-state index contributed by atoms with van der Waals surface area (Å²) in [5.41, 5.74) is 1.38. The first kappa shape index (κ1) is 15.3. The molecule has 3 nitrogen and oxygen atoms in total. The Labute approximate surface area is 122 Å². The number of rotatable bonds is 7. The lowest BCUT2D eigenvalue weighted by molar-refractivity contribution is 0.144. The van der Waals surface area contributed by atoms with Gasteiger partial charge in [0.15, 0.2) is 0 Å². The Morgan fingerprint density at radius 1 is 1.15 bits per heavy atom. The minimum atomic E-state index is 0.620. The minimum Gasteiger partial charge on any atom is -0.491 e. The van der Waals surface area contributed by atoms with Crippen LogP contribution in [0.25, 0.3) is 0 Å². The highest BCUT2D eigenvalue weighted by Crippen LogP contribution is 2.41. The summed E-state index contributed by atoms with van der Waals surface area (Å²) < 4.78 is 11.0. The number of nitrogens with one attached hydrogen (secondary N) is 1. The quantitative estimate of drug-likeness (QED) is 0.776. The zero-order valence-electron chi connectivity index (χ0n) is 12.7. The van der Waals surface area contributed by atoms with Crippen LogP contribution in [0.2, 0.25) is 0 Å². The van der Waals surface area contributed by atoms with Gasteiger partial charge in [0.1, 0.15) is 12.4 Å². The summed E-state index contributed by atoms with van der Waals surface area (Å²) in [4.78, 5) is 0. The zero-order valence-corrected chi connectivity index (χ0v) is 12.7. The van der Waals surface area contributed by atoms with Crippen molar-refractivity contribution in [1.82, 2.24) is 5.32 Å². The van der Waals surface area contributed by atoms with Crippen molar-refractivity contribution >= 4 is 0 Å². The van der Waals surface area contributed by atoms with Crippen LogP contribution in [0, 0.1) is 5.92 Å². The number of hydrogen-bond acceptors (Lipinski definition) is 3. The summed E-state index contributed by atoms with van der Waals surface area (Å²) in [6, 6.07) is 8.52. The van der Waals surface area contributed by atoms with Crippen LogP contribution in [0.3, 0.4) is 0 Å². The second kappa shape index (κ2) is 8.28. The van der Waals surface area contributed by atoms with Gasteiger partial charge in [0, 0.05) is 7.11 Å². The van der Waals surface area contributed by atoms with Gasteiger partial charge in [0.05, 0.1) is 6.61 Å². The first-order valence-electron chi connectivity index (χ1n) is 7.72. The molecule has 0 heterocycles. The van der Waals surface area contributed by atoms with Gasteiger partial charge in [-0.25, -0.2) is 0 Å². The van der Waals surface area contributed by atoms with Crippen molar-refractivity contribution in [2.45, 2.75) is 31.6 Å². The van der Waals surface area contributed by atoms with Crippen LogP contribution in [0.1, 0.15) is 37.2 Å². The van der Waals surface area contributed by atoms with Gasteiger partial charge in [-0.1, -0.05) is 31.0 Å². The van der Waals surface area contributed by atoms with Gasteiger partial charge in [-0.15, -0.1) is 0 Å². The average Bonchev–Trinajstić information content (AvgIpc) is 2.49. The lowest BCUT2D eigenvalue weighted by Crippen LogP contribution is -2.27. The predicted octanol–water partition coefficient (Wildman–Crippen LogP) is 3.21. The molecule has 3 heteroatoms. The molecule has 20 heavy (non-hydrogen) atoms. The summed E-state index contributed by atoms with van der Waals surface area (Å²) in [6.07, 6.45) is 5.28. The monoisotopic (exact) mass is 277 g/mol. The molecule has 1 saturated carbocycles. The third-order valence-corrected chi connectivity index (χ3v) is 4.24. The highest BCUT2D eigenvalue weighted by atomic mass is 16.5. The minimum absolute atomic E-state index is 0.620. The van der Waals surface area contributed by atoms with Gasteiger partial charge in [-0.3, -0.25) is 0 Å². The number of ether oxygens (including phenoxy) is 2. The molecule has 0 aromatic heterocycles. The number of hydrogen-bond donors (Lipinski definition) is 1. The van der Waals surface area contributed by atoms with Crippen molar-refractivity contribution in [1.29, 1.82) is 0 Å². The Hall–Kier alpha value is -1.06. The number of methoxy groups -OCH3 is 1. The van der Waals surface area contributed by atoms with E-state index in [2.05, 4.69) is 29.6 Å². The average molecular weight is 277 g/mol. The normalized spacial score (nSPS) is 22.7.